The molecular formula is C90H169NO8P+. The zero-order valence-corrected chi connectivity index (χ0v) is 68.1. The summed E-state index contributed by atoms with van der Waals surface area (Å²) >= 11 is 0. The molecule has 0 saturated heterocycles. The SMILES string of the molecule is CC/C=C\C/C=C\C/C=C\C/C=C\C/C=C\C/C=C\CCCCCCCCCCCCCCCCCCCCCCCCC(=O)OC(COC(=O)CCCCCCCCCCCCCCCCCCCCCCCCCCCCCCCCCCCCC)COP(=O)(O)OCC[N+](C)(C)C. The third-order valence-corrected chi connectivity index (χ3v) is 20.7. The Balaban J connectivity index is 3.87. The van der Waals surface area contributed by atoms with E-state index in [9.17, 15) is 19.0 Å². The van der Waals surface area contributed by atoms with Crippen LogP contribution in [0.1, 0.15) is 438 Å². The van der Waals surface area contributed by atoms with Crippen molar-refractivity contribution in [1.82, 2.24) is 0 Å². The predicted octanol–water partition coefficient (Wildman–Crippen LogP) is 29.4. The van der Waals surface area contributed by atoms with E-state index in [-0.39, 0.29) is 25.6 Å². The van der Waals surface area contributed by atoms with Gasteiger partial charge in [-0.1, -0.05) is 433 Å². The number of hydrogen-bond donors (Lipinski definition) is 1. The first-order valence-electron chi connectivity index (χ1n) is 43.7. The van der Waals surface area contributed by atoms with Crippen molar-refractivity contribution < 1.29 is 42.1 Å². The lowest BCUT2D eigenvalue weighted by atomic mass is 10.0. The summed E-state index contributed by atoms with van der Waals surface area (Å²) in [5, 5.41) is 0. The summed E-state index contributed by atoms with van der Waals surface area (Å²) in [5.41, 5.74) is 0. The number of phosphoric ester groups is 1. The normalized spacial score (nSPS) is 13.3. The highest BCUT2D eigenvalue weighted by Crippen LogP contribution is 2.43. The molecule has 2 atom stereocenters. The summed E-state index contributed by atoms with van der Waals surface area (Å²) in [5.74, 6) is -0.771. The van der Waals surface area contributed by atoms with Crippen molar-refractivity contribution in [2.24, 2.45) is 0 Å². The van der Waals surface area contributed by atoms with Gasteiger partial charge in [0.15, 0.2) is 6.10 Å². The molecule has 9 nitrogen and oxygen atoms in total. The molecule has 0 rings (SSSR count). The number of unbranched alkanes of at least 4 members (excludes halogenated alkanes) is 56. The topological polar surface area (TPSA) is 108 Å². The summed E-state index contributed by atoms with van der Waals surface area (Å²) in [4.78, 5) is 36.0. The number of rotatable bonds is 82. The maximum Gasteiger partial charge on any atom is 0.472 e. The molecule has 0 spiro atoms. The number of likely N-dealkylation sites (N-methyl/N-ethyl adjacent to an activating group) is 1. The molecule has 0 amide bonds. The van der Waals surface area contributed by atoms with E-state index in [0.29, 0.717) is 23.9 Å². The molecule has 10 heteroatoms. The Hall–Kier alpha value is -2.55. The first-order chi connectivity index (χ1) is 49.0. The number of carbonyl (C=O) groups is 2. The van der Waals surface area contributed by atoms with Crippen LogP contribution in [0.4, 0.5) is 0 Å². The van der Waals surface area contributed by atoms with Crippen molar-refractivity contribution in [2.75, 3.05) is 47.5 Å². The van der Waals surface area contributed by atoms with Gasteiger partial charge in [0, 0.05) is 12.8 Å². The van der Waals surface area contributed by atoms with Crippen LogP contribution in [0.15, 0.2) is 72.9 Å². The van der Waals surface area contributed by atoms with Gasteiger partial charge < -0.3 is 18.9 Å². The first kappa shape index (κ1) is 97.4. The molecule has 0 heterocycles. The van der Waals surface area contributed by atoms with E-state index < -0.39 is 26.5 Å². The predicted molar refractivity (Wildman–Crippen MR) is 436 cm³/mol. The minimum absolute atomic E-state index is 0.0342. The van der Waals surface area contributed by atoms with Gasteiger partial charge in [-0.05, 0) is 64.2 Å². The van der Waals surface area contributed by atoms with Gasteiger partial charge in [0.05, 0.1) is 27.7 Å². The van der Waals surface area contributed by atoms with Gasteiger partial charge in [0.2, 0.25) is 0 Å². The quantitative estimate of drug-likeness (QED) is 0.0211. The number of ether oxygens (including phenoxy) is 2. The number of quaternary nitrogens is 1. The second-order valence-electron chi connectivity index (χ2n) is 30.9. The molecule has 0 aliphatic rings. The van der Waals surface area contributed by atoms with Crippen LogP contribution in [-0.4, -0.2) is 74.9 Å². The zero-order valence-electron chi connectivity index (χ0n) is 67.2. The van der Waals surface area contributed by atoms with Gasteiger partial charge in [-0.3, -0.25) is 18.6 Å². The minimum Gasteiger partial charge on any atom is -0.462 e. The Kier molecular flexibility index (Phi) is 78.5. The fraction of sp³-hybridized carbons (Fsp3) is 0.844. The number of phosphoric acid groups is 1. The Morgan fingerprint density at radius 1 is 0.320 bits per heavy atom. The Morgan fingerprint density at radius 2 is 0.570 bits per heavy atom. The standard InChI is InChI=1S/C90H168NO8P/c1-6-8-10-12-14-16-18-20-22-24-26-28-30-32-34-36-38-40-42-43-44-45-46-47-49-51-53-55-57-59-61-63-65-67-69-71-73-75-77-79-81-83-90(93)99-88(87-98-100(94,95)97-85-84-91(3,4)5)86-96-89(92)82-80-78-76-74-72-70-68-66-64-62-60-58-56-54-52-50-48-41-39-37-35-33-31-29-27-25-23-21-19-17-15-13-11-9-7-2/h8,10,14,16,20,22,26,28,32,34,38,40,88H,6-7,9,11-13,15,17-19,21,23-25,27,29-31,33,35-37,39,41-87H2,1-5H3/p+1/b10-8-,16-14-,22-20-,28-26-,34-32-,40-38-. The summed E-state index contributed by atoms with van der Waals surface area (Å²) in [6.45, 7) is 4.40. The molecule has 0 aliphatic heterocycles. The summed E-state index contributed by atoms with van der Waals surface area (Å²) < 4.78 is 34.9. The smallest absolute Gasteiger partial charge is 0.462 e. The zero-order chi connectivity index (χ0) is 72.5. The van der Waals surface area contributed by atoms with Crippen LogP contribution in [0, 0.1) is 0 Å². The van der Waals surface area contributed by atoms with Gasteiger partial charge in [0.25, 0.3) is 0 Å². The highest BCUT2D eigenvalue weighted by molar-refractivity contribution is 7.47. The number of esters is 2. The Bertz CT molecular complexity index is 1920. The van der Waals surface area contributed by atoms with Crippen LogP contribution in [0.2, 0.25) is 0 Å². The van der Waals surface area contributed by atoms with Crippen molar-refractivity contribution in [3.63, 3.8) is 0 Å². The number of allylic oxidation sites excluding steroid dienone is 12. The number of hydrogen-bond acceptors (Lipinski definition) is 7. The molecule has 1 N–H and O–H groups in total. The molecule has 0 aromatic carbocycles. The van der Waals surface area contributed by atoms with E-state index >= 15 is 0 Å². The van der Waals surface area contributed by atoms with Crippen molar-refractivity contribution in [2.45, 2.75) is 444 Å². The monoisotopic (exact) mass is 1420 g/mol. The van der Waals surface area contributed by atoms with Crippen molar-refractivity contribution >= 4 is 19.8 Å². The van der Waals surface area contributed by atoms with Crippen molar-refractivity contribution in [1.29, 1.82) is 0 Å². The van der Waals surface area contributed by atoms with E-state index in [1.807, 2.05) is 21.1 Å². The average Bonchev–Trinajstić information content (AvgIpc) is 1.30. The second kappa shape index (κ2) is 80.5. The highest BCUT2D eigenvalue weighted by Gasteiger charge is 2.27. The molecule has 586 valence electrons. The fourth-order valence-electron chi connectivity index (χ4n) is 13.1. The van der Waals surface area contributed by atoms with Crippen molar-refractivity contribution in [3.05, 3.63) is 72.9 Å². The van der Waals surface area contributed by atoms with Crippen LogP contribution in [0.25, 0.3) is 0 Å². The maximum absolute atomic E-state index is 12.9. The number of nitrogens with zero attached hydrogens (tertiary/aromatic N) is 1. The molecule has 0 saturated carbocycles. The first-order valence-corrected chi connectivity index (χ1v) is 45.2. The third kappa shape index (κ3) is 84.4. The Morgan fingerprint density at radius 3 is 0.850 bits per heavy atom. The van der Waals surface area contributed by atoms with Crippen LogP contribution in [0.5, 0.6) is 0 Å². The molecule has 0 aromatic heterocycles. The van der Waals surface area contributed by atoms with Crippen LogP contribution in [0.3, 0.4) is 0 Å². The lowest BCUT2D eigenvalue weighted by Crippen LogP contribution is -2.37. The lowest BCUT2D eigenvalue weighted by Gasteiger charge is -2.24. The van der Waals surface area contributed by atoms with Gasteiger partial charge >= 0.3 is 19.8 Å². The summed E-state index contributed by atoms with van der Waals surface area (Å²) in [6, 6.07) is 0. The van der Waals surface area contributed by atoms with E-state index in [4.69, 9.17) is 18.5 Å². The molecule has 0 bridgehead atoms. The van der Waals surface area contributed by atoms with Gasteiger partial charge in [0.1, 0.15) is 19.8 Å². The molecule has 0 radical (unpaired) electrons. The second-order valence-corrected chi connectivity index (χ2v) is 32.4. The molecule has 100 heavy (non-hydrogen) atoms. The maximum atomic E-state index is 12.9. The van der Waals surface area contributed by atoms with E-state index in [1.54, 1.807) is 0 Å². The van der Waals surface area contributed by atoms with Crippen molar-refractivity contribution in [3.8, 4) is 0 Å². The molecular weight excluding hydrogens is 1250 g/mol. The summed E-state index contributed by atoms with van der Waals surface area (Å²) in [6.07, 6.45) is 111. The van der Waals surface area contributed by atoms with E-state index in [0.717, 1.165) is 70.6 Å². The highest BCUT2D eigenvalue weighted by atomic mass is 31.2. The average molecular weight is 1420 g/mol. The van der Waals surface area contributed by atoms with Crippen LogP contribution >= 0.6 is 7.82 Å². The molecule has 0 fully saturated rings. The van der Waals surface area contributed by atoms with E-state index in [1.165, 1.54) is 334 Å². The van der Waals surface area contributed by atoms with Crippen LogP contribution in [-0.2, 0) is 32.7 Å². The summed E-state index contributed by atoms with van der Waals surface area (Å²) in [7, 11) is 1.50. The largest absolute Gasteiger partial charge is 0.472 e. The third-order valence-electron chi connectivity index (χ3n) is 19.8. The van der Waals surface area contributed by atoms with Gasteiger partial charge in [-0.25, -0.2) is 4.57 Å². The fourth-order valence-corrected chi connectivity index (χ4v) is 13.9. The molecule has 0 aliphatic carbocycles. The number of carbonyl (C=O) groups excluding carboxylic acids is 2. The van der Waals surface area contributed by atoms with E-state index in [2.05, 4.69) is 86.8 Å². The molecule has 2 unspecified atom stereocenters. The van der Waals surface area contributed by atoms with Gasteiger partial charge in [-0.2, -0.15) is 0 Å². The minimum atomic E-state index is -4.40. The Labute approximate surface area is 622 Å². The van der Waals surface area contributed by atoms with Gasteiger partial charge in [-0.15, -0.1) is 0 Å². The van der Waals surface area contributed by atoms with Crippen LogP contribution < -0.4 is 0 Å². The lowest BCUT2D eigenvalue weighted by molar-refractivity contribution is -0.870. The molecule has 0 aromatic rings.